The Morgan fingerprint density at radius 2 is 1.89 bits per heavy atom. The number of nitrogens with zero attached hydrogens (tertiary/aromatic N) is 4. The number of anilines is 1. The first kappa shape index (κ1) is 16.4. The Morgan fingerprint density at radius 1 is 1.00 bits per heavy atom. The second-order valence-corrected chi connectivity index (χ2v) is 7.88. The van der Waals surface area contributed by atoms with Gasteiger partial charge in [0.25, 0.3) is 0 Å². The van der Waals surface area contributed by atoms with Crippen molar-refractivity contribution in [2.45, 2.75) is 12.8 Å². The number of aliphatic imine (C=N–C) groups is 1. The Kier molecular flexibility index (Phi) is 4.30. The predicted octanol–water partition coefficient (Wildman–Crippen LogP) is 4.98. The van der Waals surface area contributed by atoms with Crippen molar-refractivity contribution in [2.24, 2.45) is 4.99 Å². The molecule has 0 N–H and O–H groups in total. The van der Waals surface area contributed by atoms with Crippen LogP contribution in [0.3, 0.4) is 0 Å². The van der Waals surface area contributed by atoms with Gasteiger partial charge in [-0.3, -0.25) is 4.99 Å². The van der Waals surface area contributed by atoms with Gasteiger partial charge in [0.05, 0.1) is 16.8 Å². The normalized spacial score (nSPS) is 16.7. The number of benzene rings is 1. The van der Waals surface area contributed by atoms with E-state index >= 15 is 0 Å². The molecule has 0 saturated carbocycles. The fourth-order valence-corrected chi connectivity index (χ4v) is 4.53. The zero-order valence-corrected chi connectivity index (χ0v) is 15.8. The van der Waals surface area contributed by atoms with Crippen LogP contribution in [0.25, 0.3) is 26.4 Å². The Hall–Kier alpha value is -2.79. The Balaban J connectivity index is 1.46. The molecule has 2 aliphatic rings. The number of fused-ring (bicyclic) bond motifs is 1. The molecule has 2 aliphatic heterocycles. The van der Waals surface area contributed by atoms with Gasteiger partial charge in [-0.05, 0) is 48.2 Å². The van der Waals surface area contributed by atoms with E-state index < -0.39 is 0 Å². The van der Waals surface area contributed by atoms with Crippen molar-refractivity contribution in [1.82, 2.24) is 9.97 Å². The molecule has 3 aromatic rings. The van der Waals surface area contributed by atoms with E-state index in [1.807, 2.05) is 12.4 Å². The lowest BCUT2D eigenvalue weighted by molar-refractivity contribution is 0.938. The lowest BCUT2D eigenvalue weighted by Gasteiger charge is -2.15. The minimum Gasteiger partial charge on any atom is -0.357 e. The van der Waals surface area contributed by atoms with Crippen molar-refractivity contribution in [1.29, 1.82) is 0 Å². The van der Waals surface area contributed by atoms with Crippen LogP contribution in [-0.4, -0.2) is 35.8 Å². The fourth-order valence-electron chi connectivity index (χ4n) is 3.53. The van der Waals surface area contributed by atoms with E-state index in [-0.39, 0.29) is 0 Å². The molecule has 1 saturated heterocycles. The van der Waals surface area contributed by atoms with Crippen molar-refractivity contribution in [3.8, 4) is 10.6 Å². The van der Waals surface area contributed by atoms with Crippen LogP contribution in [-0.2, 0) is 0 Å². The smallest absolute Gasteiger partial charge is 0.128 e. The van der Waals surface area contributed by atoms with Crippen LogP contribution < -0.4 is 4.90 Å². The number of aromatic nitrogens is 2. The Bertz CT molecular complexity index is 1050. The number of hydrogen-bond donors (Lipinski definition) is 0. The summed E-state index contributed by atoms with van der Waals surface area (Å²) >= 11 is 1.72. The largest absolute Gasteiger partial charge is 0.357 e. The number of rotatable bonds is 3. The quantitative estimate of drug-likeness (QED) is 0.651. The first-order valence-electron chi connectivity index (χ1n) is 9.36. The third-order valence-electron chi connectivity index (χ3n) is 5.00. The maximum Gasteiger partial charge on any atom is 0.128 e. The highest BCUT2D eigenvalue weighted by atomic mass is 32.1. The number of allylic oxidation sites excluding steroid dienone is 3. The molecule has 0 spiro atoms. The number of hydrogen-bond acceptors (Lipinski definition) is 5. The molecule has 27 heavy (non-hydrogen) atoms. The van der Waals surface area contributed by atoms with Gasteiger partial charge in [0.1, 0.15) is 10.8 Å². The van der Waals surface area contributed by atoms with E-state index in [4.69, 9.17) is 4.98 Å². The first-order valence-corrected chi connectivity index (χ1v) is 10.2. The van der Waals surface area contributed by atoms with E-state index in [9.17, 15) is 0 Å². The summed E-state index contributed by atoms with van der Waals surface area (Å²) in [4.78, 5) is 16.2. The summed E-state index contributed by atoms with van der Waals surface area (Å²) < 4.78 is 1.19. The van der Waals surface area contributed by atoms with Crippen LogP contribution in [0.4, 0.5) is 5.82 Å². The van der Waals surface area contributed by atoms with Crippen molar-refractivity contribution in [3.63, 3.8) is 0 Å². The minimum absolute atomic E-state index is 0.743. The second kappa shape index (κ2) is 7.08. The van der Waals surface area contributed by atoms with Gasteiger partial charge in [-0.2, -0.15) is 0 Å². The number of pyridine rings is 1. The van der Waals surface area contributed by atoms with Gasteiger partial charge in [0.15, 0.2) is 0 Å². The van der Waals surface area contributed by atoms with Crippen molar-refractivity contribution < 1.29 is 0 Å². The second-order valence-electron chi connectivity index (χ2n) is 6.85. The highest BCUT2D eigenvalue weighted by molar-refractivity contribution is 7.21. The molecule has 4 nitrogen and oxygen atoms in total. The van der Waals surface area contributed by atoms with Gasteiger partial charge in [0, 0.05) is 31.1 Å². The van der Waals surface area contributed by atoms with Crippen LogP contribution in [0.2, 0.25) is 0 Å². The van der Waals surface area contributed by atoms with Crippen LogP contribution in [0, 0.1) is 0 Å². The van der Waals surface area contributed by atoms with Crippen molar-refractivity contribution in [2.75, 3.05) is 24.5 Å². The molecule has 2 aromatic heterocycles. The molecule has 5 rings (SSSR count). The zero-order chi connectivity index (χ0) is 18.1. The van der Waals surface area contributed by atoms with Gasteiger partial charge in [-0.15, -0.1) is 11.3 Å². The Labute approximate surface area is 162 Å². The maximum atomic E-state index is 4.81. The topological polar surface area (TPSA) is 41.4 Å². The lowest BCUT2D eigenvalue weighted by atomic mass is 10.1. The lowest BCUT2D eigenvalue weighted by Crippen LogP contribution is -2.18. The average molecular weight is 372 g/mol. The first-order chi connectivity index (χ1) is 13.4. The monoisotopic (exact) mass is 372 g/mol. The highest BCUT2D eigenvalue weighted by Crippen LogP contribution is 2.32. The molecule has 0 amide bonds. The van der Waals surface area contributed by atoms with E-state index in [2.05, 4.69) is 63.4 Å². The van der Waals surface area contributed by atoms with Gasteiger partial charge in [-0.1, -0.05) is 24.3 Å². The van der Waals surface area contributed by atoms with E-state index in [1.165, 1.54) is 23.1 Å². The highest BCUT2D eigenvalue weighted by Gasteiger charge is 2.14. The van der Waals surface area contributed by atoms with E-state index in [0.29, 0.717) is 0 Å². The molecule has 0 unspecified atom stereocenters. The molecule has 0 radical (unpaired) electrons. The number of thiazole rings is 1. The van der Waals surface area contributed by atoms with Gasteiger partial charge >= 0.3 is 0 Å². The van der Waals surface area contributed by atoms with Gasteiger partial charge in [0.2, 0.25) is 0 Å². The molecule has 0 bridgehead atoms. The van der Waals surface area contributed by atoms with Crippen molar-refractivity contribution >= 4 is 39.2 Å². The molecule has 0 aliphatic carbocycles. The van der Waals surface area contributed by atoms with E-state index in [1.54, 1.807) is 11.3 Å². The summed E-state index contributed by atoms with van der Waals surface area (Å²) in [7, 11) is 0. The summed E-state index contributed by atoms with van der Waals surface area (Å²) in [5, 5.41) is 1.02. The van der Waals surface area contributed by atoms with Crippen molar-refractivity contribution in [3.05, 3.63) is 60.3 Å². The average Bonchev–Trinajstić information content (AvgIpc) is 3.31. The predicted molar refractivity (Wildman–Crippen MR) is 115 cm³/mol. The summed E-state index contributed by atoms with van der Waals surface area (Å²) in [6, 6.07) is 10.7. The summed E-state index contributed by atoms with van der Waals surface area (Å²) in [5.41, 5.74) is 4.43. The van der Waals surface area contributed by atoms with E-state index in [0.717, 1.165) is 47.1 Å². The molecule has 0 atom stereocenters. The maximum absolute atomic E-state index is 4.81. The summed E-state index contributed by atoms with van der Waals surface area (Å²) in [6.45, 7) is 2.97. The summed E-state index contributed by atoms with van der Waals surface area (Å²) in [5.74, 6) is 1.08. The van der Waals surface area contributed by atoms with Gasteiger partial charge in [-0.25, -0.2) is 9.97 Å². The molecular formula is C22H20N4S. The molecule has 1 fully saturated rings. The molecule has 4 heterocycles. The SMILES string of the molecule is C1=CCN=CC(c2ccc3nc(-c4ccc(N5CCCC5)nc4)sc3c2)=C1. The molecule has 134 valence electrons. The Morgan fingerprint density at radius 3 is 2.74 bits per heavy atom. The molecular weight excluding hydrogens is 352 g/mol. The third-order valence-corrected chi connectivity index (χ3v) is 6.07. The summed E-state index contributed by atoms with van der Waals surface area (Å²) in [6.07, 6.45) is 12.7. The van der Waals surface area contributed by atoms with Crippen LogP contribution in [0.5, 0.6) is 0 Å². The fraction of sp³-hybridized carbons (Fsp3) is 0.227. The third kappa shape index (κ3) is 3.30. The van der Waals surface area contributed by atoms with Gasteiger partial charge < -0.3 is 4.90 Å². The van der Waals surface area contributed by atoms with Crippen LogP contribution >= 0.6 is 11.3 Å². The standard InChI is InChI=1S/C22H20N4S/c1-2-10-23-14-17(5-1)16-6-8-19-20(13-16)27-22(25-19)18-7-9-21(24-15-18)26-11-3-4-12-26/h1-2,5-9,13-15H,3-4,10-12H2. The minimum atomic E-state index is 0.743. The molecule has 5 heteroatoms. The molecule has 1 aromatic carbocycles. The zero-order valence-electron chi connectivity index (χ0n) is 15.0. The van der Waals surface area contributed by atoms with Crippen LogP contribution in [0.15, 0.2) is 59.7 Å². The van der Waals surface area contributed by atoms with Crippen LogP contribution in [0.1, 0.15) is 18.4 Å².